The molecule has 3 aromatic heterocycles. The van der Waals surface area contributed by atoms with Gasteiger partial charge in [-0.3, -0.25) is 9.97 Å². The first-order valence-corrected chi connectivity index (χ1v) is 7.79. The van der Waals surface area contributed by atoms with Crippen molar-refractivity contribution in [2.24, 2.45) is 10.2 Å². The van der Waals surface area contributed by atoms with Gasteiger partial charge >= 0.3 is 0 Å². The maximum absolute atomic E-state index is 4.36. The second-order valence-corrected chi connectivity index (χ2v) is 5.13. The first-order chi connectivity index (χ1) is 12.7. The Morgan fingerprint density at radius 3 is 1.65 bits per heavy atom. The molecule has 0 fully saturated rings. The molecule has 0 aliphatic carbocycles. The molecule has 0 unspecified atom stereocenters. The van der Waals surface area contributed by atoms with Crippen molar-refractivity contribution in [2.75, 3.05) is 24.1 Å². The number of rotatable bonds is 6. The highest BCUT2D eigenvalue weighted by molar-refractivity contribution is 5.78. The zero-order chi connectivity index (χ0) is 18.2. The molecule has 0 amide bonds. The van der Waals surface area contributed by atoms with Crippen molar-refractivity contribution in [1.29, 1.82) is 0 Å². The van der Waals surface area contributed by atoms with Crippen LogP contribution in [0.1, 0.15) is 11.4 Å². The third-order valence-electron chi connectivity index (χ3n) is 3.23. The molecular weight excluding hydrogens is 330 g/mol. The average molecular weight is 347 g/mol. The van der Waals surface area contributed by atoms with Gasteiger partial charge in [0.05, 0.1) is 23.8 Å². The Bertz CT molecular complexity index is 810. The van der Waals surface area contributed by atoms with E-state index in [-0.39, 0.29) is 0 Å². The van der Waals surface area contributed by atoms with Crippen LogP contribution in [0.15, 0.2) is 65.3 Å². The number of nitrogens with zero attached hydrogens (tertiary/aromatic N) is 9. The van der Waals surface area contributed by atoms with Gasteiger partial charge in [0.1, 0.15) is 6.33 Å². The molecule has 9 nitrogen and oxygen atoms in total. The van der Waals surface area contributed by atoms with Crippen LogP contribution in [0.2, 0.25) is 0 Å². The van der Waals surface area contributed by atoms with Gasteiger partial charge in [0, 0.05) is 26.5 Å². The Balaban J connectivity index is 1.71. The summed E-state index contributed by atoms with van der Waals surface area (Å²) >= 11 is 0. The Morgan fingerprint density at radius 2 is 1.23 bits per heavy atom. The van der Waals surface area contributed by atoms with E-state index in [1.807, 2.05) is 36.4 Å². The lowest BCUT2D eigenvalue weighted by atomic mass is 10.4. The summed E-state index contributed by atoms with van der Waals surface area (Å²) in [7, 11) is 3.49. The Labute approximate surface area is 150 Å². The van der Waals surface area contributed by atoms with E-state index in [1.54, 1.807) is 38.9 Å². The number of hydrogen-bond acceptors (Lipinski definition) is 9. The van der Waals surface area contributed by atoms with E-state index in [4.69, 9.17) is 0 Å². The summed E-state index contributed by atoms with van der Waals surface area (Å²) in [5, 5.41) is 11.6. The van der Waals surface area contributed by atoms with Crippen LogP contribution in [-0.4, -0.2) is 51.4 Å². The van der Waals surface area contributed by atoms with Crippen LogP contribution in [-0.2, 0) is 0 Å². The van der Waals surface area contributed by atoms with Crippen LogP contribution in [0, 0.1) is 0 Å². The zero-order valence-corrected chi connectivity index (χ0v) is 14.4. The van der Waals surface area contributed by atoms with Crippen LogP contribution >= 0.6 is 0 Å². The highest BCUT2D eigenvalue weighted by atomic mass is 15.5. The Kier molecular flexibility index (Phi) is 5.51. The summed E-state index contributed by atoms with van der Waals surface area (Å²) in [6, 6.07) is 11.2. The van der Waals surface area contributed by atoms with E-state index in [0.29, 0.717) is 11.9 Å². The lowest BCUT2D eigenvalue weighted by molar-refractivity contribution is 0.864. The van der Waals surface area contributed by atoms with Gasteiger partial charge < -0.3 is 0 Å². The highest BCUT2D eigenvalue weighted by Gasteiger charge is 2.08. The fourth-order valence-electron chi connectivity index (χ4n) is 1.89. The molecule has 26 heavy (non-hydrogen) atoms. The van der Waals surface area contributed by atoms with Crippen molar-refractivity contribution in [1.82, 2.24) is 24.9 Å². The Hall–Kier alpha value is -3.75. The summed E-state index contributed by atoms with van der Waals surface area (Å²) < 4.78 is 0. The minimum atomic E-state index is 0.391. The second kappa shape index (κ2) is 8.38. The minimum Gasteiger partial charge on any atom is -0.255 e. The SMILES string of the molecule is CN(/N=C/c1ccccn1)c1ncnc(N(C)/N=C/c2ccccn2)n1. The summed E-state index contributed by atoms with van der Waals surface area (Å²) in [5.41, 5.74) is 1.48. The number of pyridine rings is 2. The first kappa shape index (κ1) is 17.1. The molecule has 3 aromatic rings. The van der Waals surface area contributed by atoms with Crippen molar-refractivity contribution in [3.05, 3.63) is 66.5 Å². The van der Waals surface area contributed by atoms with Crippen molar-refractivity contribution in [3.63, 3.8) is 0 Å². The van der Waals surface area contributed by atoms with Crippen LogP contribution < -0.4 is 10.0 Å². The van der Waals surface area contributed by atoms with Gasteiger partial charge in [-0.1, -0.05) is 12.1 Å². The fraction of sp³-hybridized carbons (Fsp3) is 0.118. The van der Waals surface area contributed by atoms with Crippen LogP contribution in [0.4, 0.5) is 11.9 Å². The molecule has 0 radical (unpaired) electrons. The second-order valence-electron chi connectivity index (χ2n) is 5.13. The zero-order valence-electron chi connectivity index (χ0n) is 14.4. The largest absolute Gasteiger partial charge is 0.255 e. The van der Waals surface area contributed by atoms with Crippen LogP contribution in [0.5, 0.6) is 0 Å². The van der Waals surface area contributed by atoms with E-state index in [2.05, 4.69) is 35.1 Å². The van der Waals surface area contributed by atoms with Crippen molar-refractivity contribution in [3.8, 4) is 0 Å². The van der Waals surface area contributed by atoms with Crippen molar-refractivity contribution in [2.45, 2.75) is 0 Å². The topological polar surface area (TPSA) is 95.7 Å². The highest BCUT2D eigenvalue weighted by Crippen LogP contribution is 2.10. The molecule has 0 aromatic carbocycles. The van der Waals surface area contributed by atoms with Gasteiger partial charge in [-0.15, -0.1) is 0 Å². The molecule has 130 valence electrons. The number of anilines is 2. The molecular formula is C17H17N9. The summed E-state index contributed by atoms with van der Waals surface area (Å²) in [6.07, 6.45) is 8.09. The smallest absolute Gasteiger partial charge is 0.250 e. The van der Waals surface area contributed by atoms with E-state index in [0.717, 1.165) is 11.4 Å². The molecule has 0 aliphatic rings. The van der Waals surface area contributed by atoms with Crippen molar-refractivity contribution < 1.29 is 0 Å². The minimum absolute atomic E-state index is 0.391. The quantitative estimate of drug-likeness (QED) is 0.493. The first-order valence-electron chi connectivity index (χ1n) is 7.79. The van der Waals surface area contributed by atoms with Crippen LogP contribution in [0.3, 0.4) is 0 Å². The van der Waals surface area contributed by atoms with Gasteiger partial charge in [-0.2, -0.15) is 25.2 Å². The standard InChI is InChI=1S/C17H17N9/c1-25(22-11-14-7-3-5-9-18-14)16-20-13-21-17(24-16)26(2)23-12-15-8-4-6-10-19-15/h3-13H,1-2H3/b22-11+,23-12+. The molecule has 0 saturated carbocycles. The van der Waals surface area contributed by atoms with Gasteiger partial charge in [-0.05, 0) is 24.3 Å². The molecule has 9 heteroatoms. The van der Waals surface area contributed by atoms with E-state index < -0.39 is 0 Å². The fourth-order valence-corrected chi connectivity index (χ4v) is 1.89. The van der Waals surface area contributed by atoms with E-state index >= 15 is 0 Å². The maximum Gasteiger partial charge on any atom is 0.250 e. The lowest BCUT2D eigenvalue weighted by Gasteiger charge is -2.14. The third kappa shape index (κ3) is 4.63. The number of hydrogen-bond donors (Lipinski definition) is 0. The van der Waals surface area contributed by atoms with Gasteiger partial charge in [0.25, 0.3) is 11.9 Å². The molecule has 0 bridgehead atoms. The number of aromatic nitrogens is 5. The number of hydrazone groups is 2. The van der Waals surface area contributed by atoms with Crippen molar-refractivity contribution >= 4 is 24.3 Å². The normalized spacial score (nSPS) is 11.2. The predicted molar refractivity (Wildman–Crippen MR) is 100 cm³/mol. The predicted octanol–water partition coefficient (Wildman–Crippen LogP) is 1.60. The molecule has 3 rings (SSSR count). The monoisotopic (exact) mass is 347 g/mol. The molecule has 0 N–H and O–H groups in total. The van der Waals surface area contributed by atoms with Crippen LogP contribution in [0.25, 0.3) is 0 Å². The average Bonchev–Trinajstić information content (AvgIpc) is 2.72. The van der Waals surface area contributed by atoms with Gasteiger partial charge in [-0.25, -0.2) is 10.0 Å². The maximum atomic E-state index is 4.36. The molecule has 0 aliphatic heterocycles. The molecule has 0 spiro atoms. The van der Waals surface area contributed by atoms with E-state index in [1.165, 1.54) is 16.3 Å². The summed E-state index contributed by atoms with van der Waals surface area (Å²) in [5.74, 6) is 0.782. The third-order valence-corrected chi connectivity index (χ3v) is 3.23. The Morgan fingerprint density at radius 1 is 0.731 bits per heavy atom. The lowest BCUT2D eigenvalue weighted by Crippen LogP contribution is -2.18. The van der Waals surface area contributed by atoms with Gasteiger partial charge in [0.15, 0.2) is 0 Å². The summed E-state index contributed by atoms with van der Waals surface area (Å²) in [4.78, 5) is 21.0. The van der Waals surface area contributed by atoms with Gasteiger partial charge in [0.2, 0.25) is 0 Å². The van der Waals surface area contributed by atoms with E-state index in [9.17, 15) is 0 Å². The summed E-state index contributed by atoms with van der Waals surface area (Å²) in [6.45, 7) is 0. The molecule has 0 atom stereocenters. The molecule has 0 saturated heterocycles. The molecule has 3 heterocycles.